The number of anilines is 1. The molecule has 0 fully saturated rings. The first-order valence-electron chi connectivity index (χ1n) is 6.26. The summed E-state index contributed by atoms with van der Waals surface area (Å²) < 4.78 is 0. The molecule has 2 amide bonds. The van der Waals surface area contributed by atoms with Crippen molar-refractivity contribution in [3.8, 4) is 0 Å². The number of amides is 2. The van der Waals surface area contributed by atoms with E-state index < -0.39 is 18.0 Å². The summed E-state index contributed by atoms with van der Waals surface area (Å²) in [6.45, 7) is 1.70. The summed E-state index contributed by atoms with van der Waals surface area (Å²) in [5, 5.41) is 14.8. The molecule has 2 rings (SSSR count). The Morgan fingerprint density at radius 1 is 1.30 bits per heavy atom. The van der Waals surface area contributed by atoms with Gasteiger partial charge in [-0.25, -0.2) is 9.59 Å². The monoisotopic (exact) mass is 273 g/mol. The molecule has 0 bridgehead atoms. The van der Waals surface area contributed by atoms with E-state index in [2.05, 4.69) is 15.6 Å². The number of nitrogens with zero attached hydrogens (tertiary/aromatic N) is 1. The molecule has 20 heavy (non-hydrogen) atoms. The van der Waals surface area contributed by atoms with Gasteiger partial charge >= 0.3 is 12.0 Å². The molecule has 1 aromatic heterocycles. The number of carbonyl (C=O) groups is 2. The Morgan fingerprint density at radius 2 is 2.10 bits per heavy atom. The van der Waals surface area contributed by atoms with Crippen LogP contribution in [0.3, 0.4) is 0 Å². The van der Waals surface area contributed by atoms with Crippen molar-refractivity contribution >= 4 is 28.6 Å². The highest BCUT2D eigenvalue weighted by Gasteiger charge is 2.17. The van der Waals surface area contributed by atoms with Crippen LogP contribution in [0.5, 0.6) is 0 Å². The second-order valence-electron chi connectivity index (χ2n) is 4.27. The topological polar surface area (TPSA) is 91.3 Å². The number of fused-ring (bicyclic) bond motifs is 1. The standard InChI is InChI=1S/C14H15N3O3/c1-2-10(13(18)19)16-14(20)17-12-7-3-6-11-9(12)5-4-8-15-11/h3-8,10H,2H2,1H3,(H,18,19)(H2,16,17,20)/t10-/m1/s1. The first kappa shape index (κ1) is 13.8. The molecule has 0 saturated heterocycles. The van der Waals surface area contributed by atoms with Gasteiger partial charge in [0, 0.05) is 11.6 Å². The van der Waals surface area contributed by atoms with E-state index in [1.54, 1.807) is 31.3 Å². The first-order chi connectivity index (χ1) is 9.61. The Balaban J connectivity index is 2.16. The van der Waals surface area contributed by atoms with Crippen molar-refractivity contribution in [1.82, 2.24) is 10.3 Å². The maximum atomic E-state index is 11.8. The van der Waals surface area contributed by atoms with Crippen LogP contribution in [0.2, 0.25) is 0 Å². The molecule has 0 aliphatic carbocycles. The van der Waals surface area contributed by atoms with Gasteiger partial charge in [-0.3, -0.25) is 4.98 Å². The SMILES string of the molecule is CC[C@@H](NC(=O)Nc1cccc2ncccc12)C(=O)O. The van der Waals surface area contributed by atoms with Crippen molar-refractivity contribution in [2.24, 2.45) is 0 Å². The van der Waals surface area contributed by atoms with Gasteiger partial charge in [0.1, 0.15) is 6.04 Å². The Bertz CT molecular complexity index is 637. The normalized spacial score (nSPS) is 11.8. The highest BCUT2D eigenvalue weighted by Crippen LogP contribution is 2.21. The molecule has 3 N–H and O–H groups in total. The van der Waals surface area contributed by atoms with Crippen LogP contribution in [0.25, 0.3) is 10.9 Å². The number of pyridine rings is 1. The smallest absolute Gasteiger partial charge is 0.326 e. The molecule has 1 heterocycles. The predicted molar refractivity (Wildman–Crippen MR) is 75.6 cm³/mol. The third-order valence-electron chi connectivity index (χ3n) is 2.91. The molecule has 104 valence electrons. The van der Waals surface area contributed by atoms with Crippen LogP contribution in [0.4, 0.5) is 10.5 Å². The van der Waals surface area contributed by atoms with E-state index in [0.717, 1.165) is 10.9 Å². The molecule has 0 aliphatic rings. The number of hydrogen-bond acceptors (Lipinski definition) is 3. The van der Waals surface area contributed by atoms with Gasteiger partial charge in [-0.2, -0.15) is 0 Å². The maximum absolute atomic E-state index is 11.8. The Hall–Kier alpha value is -2.63. The number of carboxylic acid groups (broad SMARTS) is 1. The number of urea groups is 1. The van der Waals surface area contributed by atoms with E-state index in [4.69, 9.17) is 5.11 Å². The number of carbonyl (C=O) groups excluding carboxylic acids is 1. The number of benzene rings is 1. The molecule has 6 nitrogen and oxygen atoms in total. The second-order valence-corrected chi connectivity index (χ2v) is 4.27. The average molecular weight is 273 g/mol. The maximum Gasteiger partial charge on any atom is 0.326 e. The lowest BCUT2D eigenvalue weighted by Crippen LogP contribution is -2.42. The van der Waals surface area contributed by atoms with Gasteiger partial charge in [0.05, 0.1) is 11.2 Å². The summed E-state index contributed by atoms with van der Waals surface area (Å²) in [5.41, 5.74) is 1.35. The fraction of sp³-hybridized carbons (Fsp3) is 0.214. The van der Waals surface area contributed by atoms with Crippen LogP contribution < -0.4 is 10.6 Å². The summed E-state index contributed by atoms with van der Waals surface area (Å²) in [6.07, 6.45) is 1.99. The summed E-state index contributed by atoms with van der Waals surface area (Å²) in [4.78, 5) is 26.9. The van der Waals surface area contributed by atoms with Gasteiger partial charge in [0.2, 0.25) is 0 Å². The van der Waals surface area contributed by atoms with Crippen molar-refractivity contribution in [3.63, 3.8) is 0 Å². The molecule has 1 atom stereocenters. The third-order valence-corrected chi connectivity index (χ3v) is 2.91. The highest BCUT2D eigenvalue weighted by atomic mass is 16.4. The predicted octanol–water partition coefficient (Wildman–Crippen LogP) is 2.22. The number of aromatic nitrogens is 1. The molecule has 0 aliphatic heterocycles. The van der Waals surface area contributed by atoms with Gasteiger partial charge in [0.15, 0.2) is 0 Å². The summed E-state index contributed by atoms with van der Waals surface area (Å²) in [5.74, 6) is -1.05. The zero-order chi connectivity index (χ0) is 14.5. The second kappa shape index (κ2) is 6.01. The summed E-state index contributed by atoms with van der Waals surface area (Å²) >= 11 is 0. The zero-order valence-electron chi connectivity index (χ0n) is 11.0. The molecule has 0 unspecified atom stereocenters. The van der Waals surface area contributed by atoms with Crippen LogP contribution in [0.15, 0.2) is 36.5 Å². The van der Waals surface area contributed by atoms with Gasteiger partial charge in [-0.1, -0.05) is 13.0 Å². The number of carboxylic acids is 1. The molecule has 0 saturated carbocycles. The quantitative estimate of drug-likeness (QED) is 0.796. The lowest BCUT2D eigenvalue weighted by molar-refractivity contribution is -0.139. The van der Waals surface area contributed by atoms with E-state index >= 15 is 0 Å². The summed E-state index contributed by atoms with van der Waals surface area (Å²) in [7, 11) is 0. The van der Waals surface area contributed by atoms with Crippen LogP contribution in [-0.4, -0.2) is 28.1 Å². The zero-order valence-corrected chi connectivity index (χ0v) is 11.0. The van der Waals surface area contributed by atoms with E-state index in [-0.39, 0.29) is 0 Å². The molecule has 6 heteroatoms. The summed E-state index contributed by atoms with van der Waals surface area (Å²) in [6, 6.07) is 7.53. The number of aliphatic carboxylic acids is 1. The number of nitrogens with one attached hydrogen (secondary N) is 2. The Morgan fingerprint density at radius 3 is 2.80 bits per heavy atom. The van der Waals surface area contributed by atoms with Crippen molar-refractivity contribution in [2.75, 3.05) is 5.32 Å². The molecule has 0 radical (unpaired) electrons. The van der Waals surface area contributed by atoms with Crippen molar-refractivity contribution < 1.29 is 14.7 Å². The minimum absolute atomic E-state index is 0.319. The van der Waals surface area contributed by atoms with E-state index in [0.29, 0.717) is 12.1 Å². The fourth-order valence-corrected chi connectivity index (χ4v) is 1.87. The lowest BCUT2D eigenvalue weighted by atomic mass is 10.2. The van der Waals surface area contributed by atoms with Crippen molar-refractivity contribution in [1.29, 1.82) is 0 Å². The number of hydrogen-bond donors (Lipinski definition) is 3. The molecule has 1 aromatic carbocycles. The minimum Gasteiger partial charge on any atom is -0.480 e. The van der Waals surface area contributed by atoms with Gasteiger partial charge in [-0.05, 0) is 30.7 Å². The van der Waals surface area contributed by atoms with Crippen LogP contribution in [-0.2, 0) is 4.79 Å². The minimum atomic E-state index is -1.05. The lowest BCUT2D eigenvalue weighted by Gasteiger charge is -2.14. The van der Waals surface area contributed by atoms with Gasteiger partial charge in [0.25, 0.3) is 0 Å². The average Bonchev–Trinajstić information content (AvgIpc) is 2.45. The highest BCUT2D eigenvalue weighted by molar-refractivity contribution is 6.01. The van der Waals surface area contributed by atoms with Crippen molar-refractivity contribution in [2.45, 2.75) is 19.4 Å². The Kier molecular flexibility index (Phi) is 4.14. The molecular formula is C14H15N3O3. The Labute approximate surface area is 115 Å². The van der Waals surface area contributed by atoms with Gasteiger partial charge in [-0.15, -0.1) is 0 Å². The van der Waals surface area contributed by atoms with E-state index in [1.165, 1.54) is 0 Å². The fourth-order valence-electron chi connectivity index (χ4n) is 1.87. The molecular weight excluding hydrogens is 258 g/mol. The van der Waals surface area contributed by atoms with Crippen LogP contribution in [0.1, 0.15) is 13.3 Å². The number of rotatable bonds is 4. The van der Waals surface area contributed by atoms with Crippen LogP contribution in [0, 0.1) is 0 Å². The third kappa shape index (κ3) is 3.03. The largest absolute Gasteiger partial charge is 0.480 e. The van der Waals surface area contributed by atoms with Crippen LogP contribution >= 0.6 is 0 Å². The first-order valence-corrected chi connectivity index (χ1v) is 6.26. The van der Waals surface area contributed by atoms with E-state index in [1.807, 2.05) is 12.1 Å². The van der Waals surface area contributed by atoms with Crippen molar-refractivity contribution in [3.05, 3.63) is 36.5 Å². The molecule has 0 spiro atoms. The van der Waals surface area contributed by atoms with E-state index in [9.17, 15) is 9.59 Å². The molecule has 2 aromatic rings. The van der Waals surface area contributed by atoms with Gasteiger partial charge < -0.3 is 15.7 Å².